The van der Waals surface area contributed by atoms with Gasteiger partial charge in [0.1, 0.15) is 11.2 Å². The van der Waals surface area contributed by atoms with Gasteiger partial charge in [-0.3, -0.25) is 4.79 Å². The molecule has 6 nitrogen and oxygen atoms in total. The lowest BCUT2D eigenvalue weighted by molar-refractivity contribution is -0.134. The Morgan fingerprint density at radius 2 is 2.17 bits per heavy atom. The summed E-state index contributed by atoms with van der Waals surface area (Å²) in [5.41, 5.74) is 2.94. The second kappa shape index (κ2) is 4.81. The van der Waals surface area contributed by atoms with Gasteiger partial charge in [-0.25, -0.2) is 9.97 Å². The van der Waals surface area contributed by atoms with Gasteiger partial charge in [0.15, 0.2) is 0 Å². The number of carbonyl (C=O) groups excluding carboxylic acids is 1. The predicted molar refractivity (Wildman–Crippen MR) is 87.0 cm³/mol. The Balaban J connectivity index is 1.54. The van der Waals surface area contributed by atoms with E-state index in [9.17, 15) is 4.79 Å². The zero-order chi connectivity index (χ0) is 15.4. The predicted octanol–water partition coefficient (Wildman–Crippen LogP) is 2.49. The zero-order valence-corrected chi connectivity index (χ0v) is 12.9. The number of amides is 1. The number of nitrogens with one attached hydrogen (secondary N) is 1. The number of likely N-dealkylation sites (tertiary alicyclic amines) is 1. The van der Waals surface area contributed by atoms with Crippen molar-refractivity contribution in [1.29, 1.82) is 0 Å². The quantitative estimate of drug-likeness (QED) is 0.791. The highest BCUT2D eigenvalue weighted by atomic mass is 16.2. The molecule has 0 aromatic carbocycles. The molecule has 0 radical (unpaired) electrons. The molecular formula is C17H19N5O. The summed E-state index contributed by atoms with van der Waals surface area (Å²) in [7, 11) is 0. The van der Waals surface area contributed by atoms with Gasteiger partial charge in [-0.15, -0.1) is 0 Å². The summed E-state index contributed by atoms with van der Waals surface area (Å²) >= 11 is 0. The van der Waals surface area contributed by atoms with E-state index in [4.69, 9.17) is 0 Å². The minimum Gasteiger partial charge on any atom is -0.346 e. The molecule has 0 spiro atoms. The van der Waals surface area contributed by atoms with Crippen LogP contribution in [0.2, 0.25) is 0 Å². The lowest BCUT2D eigenvalue weighted by Gasteiger charge is -2.34. The van der Waals surface area contributed by atoms with E-state index in [1.807, 2.05) is 18.7 Å². The van der Waals surface area contributed by atoms with Crippen LogP contribution >= 0.6 is 0 Å². The molecule has 1 aliphatic heterocycles. The lowest BCUT2D eigenvalue weighted by atomic mass is 10.0. The molecule has 4 heterocycles. The molecule has 3 aromatic heterocycles. The van der Waals surface area contributed by atoms with Gasteiger partial charge in [0, 0.05) is 30.6 Å². The first kappa shape index (κ1) is 13.1. The summed E-state index contributed by atoms with van der Waals surface area (Å²) in [5.74, 6) is 0.654. The second-order valence-corrected chi connectivity index (χ2v) is 6.74. The highest BCUT2D eigenvalue weighted by Crippen LogP contribution is 2.34. The first-order chi connectivity index (χ1) is 11.3. The Bertz CT molecular complexity index is 891. The van der Waals surface area contributed by atoms with E-state index in [1.165, 1.54) is 0 Å². The number of H-pyrrole nitrogens is 1. The van der Waals surface area contributed by atoms with Crippen molar-refractivity contribution in [2.45, 2.75) is 31.7 Å². The van der Waals surface area contributed by atoms with Gasteiger partial charge in [0.25, 0.3) is 0 Å². The van der Waals surface area contributed by atoms with E-state index in [0.29, 0.717) is 17.9 Å². The molecule has 0 bridgehead atoms. The maximum absolute atomic E-state index is 12.4. The van der Waals surface area contributed by atoms with Crippen LogP contribution in [0.1, 0.15) is 31.7 Å². The zero-order valence-electron chi connectivity index (χ0n) is 12.9. The number of piperidine rings is 1. The number of hydrogen-bond acceptors (Lipinski definition) is 3. The number of aromatic nitrogens is 4. The van der Waals surface area contributed by atoms with E-state index < -0.39 is 0 Å². The number of aromatic amines is 1. The van der Waals surface area contributed by atoms with Gasteiger partial charge in [0.05, 0.1) is 24.1 Å². The first-order valence-electron chi connectivity index (χ1n) is 8.38. The average Bonchev–Trinajstić information content (AvgIpc) is 3.16. The third-order valence-corrected chi connectivity index (χ3v) is 5.15. The van der Waals surface area contributed by atoms with Gasteiger partial charge >= 0.3 is 0 Å². The van der Waals surface area contributed by atoms with Crippen molar-refractivity contribution in [3.8, 4) is 0 Å². The fraction of sp³-hybridized carbons (Fsp3) is 0.471. The SMILES string of the molecule is O=C(C1CC1)N1CCCC(n2cnc3cnc4[nH]ccc4c32)C1. The average molecular weight is 309 g/mol. The molecule has 3 aromatic rings. The number of hydrogen-bond donors (Lipinski definition) is 1. The number of carbonyl (C=O) groups is 1. The molecule has 1 saturated heterocycles. The van der Waals surface area contributed by atoms with Gasteiger partial charge in [-0.2, -0.15) is 0 Å². The van der Waals surface area contributed by atoms with Gasteiger partial charge in [0.2, 0.25) is 5.91 Å². The Morgan fingerprint density at radius 3 is 3.04 bits per heavy atom. The molecule has 1 unspecified atom stereocenters. The largest absolute Gasteiger partial charge is 0.346 e. The second-order valence-electron chi connectivity index (χ2n) is 6.74. The molecule has 2 fully saturated rings. The molecule has 1 amide bonds. The van der Waals surface area contributed by atoms with Crippen molar-refractivity contribution in [3.05, 3.63) is 24.8 Å². The highest BCUT2D eigenvalue weighted by molar-refractivity contribution is 6.01. The summed E-state index contributed by atoms with van der Waals surface area (Å²) in [6.45, 7) is 1.70. The topological polar surface area (TPSA) is 66.8 Å². The molecule has 5 rings (SSSR count). The number of imidazole rings is 1. The summed E-state index contributed by atoms with van der Waals surface area (Å²) < 4.78 is 2.25. The van der Waals surface area contributed by atoms with E-state index >= 15 is 0 Å². The number of pyridine rings is 1. The maximum Gasteiger partial charge on any atom is 0.225 e. The Morgan fingerprint density at radius 1 is 1.26 bits per heavy atom. The smallest absolute Gasteiger partial charge is 0.225 e. The van der Waals surface area contributed by atoms with Gasteiger partial charge in [-0.05, 0) is 31.7 Å². The van der Waals surface area contributed by atoms with Crippen LogP contribution in [0.5, 0.6) is 0 Å². The molecule has 1 atom stereocenters. The van der Waals surface area contributed by atoms with Crippen LogP contribution in [0, 0.1) is 5.92 Å². The van der Waals surface area contributed by atoms with Crippen molar-refractivity contribution in [2.24, 2.45) is 5.92 Å². The van der Waals surface area contributed by atoms with E-state index in [1.54, 1.807) is 0 Å². The number of nitrogens with zero attached hydrogens (tertiary/aromatic N) is 4. The first-order valence-corrected chi connectivity index (χ1v) is 8.38. The molecule has 118 valence electrons. The summed E-state index contributed by atoms with van der Waals surface area (Å²) in [6.07, 6.45) is 9.94. The van der Waals surface area contributed by atoms with Crippen LogP contribution in [-0.2, 0) is 4.79 Å². The molecular weight excluding hydrogens is 290 g/mol. The van der Waals surface area contributed by atoms with E-state index in [0.717, 1.165) is 60.8 Å². The lowest BCUT2D eigenvalue weighted by Crippen LogP contribution is -2.41. The van der Waals surface area contributed by atoms with Crippen LogP contribution < -0.4 is 0 Å². The van der Waals surface area contributed by atoms with E-state index in [-0.39, 0.29) is 0 Å². The van der Waals surface area contributed by atoms with Crippen LogP contribution in [0.3, 0.4) is 0 Å². The fourth-order valence-electron chi connectivity index (χ4n) is 3.78. The minimum atomic E-state index is 0.300. The molecule has 23 heavy (non-hydrogen) atoms. The van der Waals surface area contributed by atoms with Crippen molar-refractivity contribution >= 4 is 28.0 Å². The van der Waals surface area contributed by atoms with Gasteiger partial charge < -0.3 is 14.5 Å². The third kappa shape index (κ3) is 2.04. The Labute approximate surface area is 133 Å². The Kier molecular flexibility index (Phi) is 2.74. The van der Waals surface area contributed by atoms with Gasteiger partial charge in [-0.1, -0.05) is 0 Å². The molecule has 1 saturated carbocycles. The van der Waals surface area contributed by atoms with Crippen molar-refractivity contribution in [3.63, 3.8) is 0 Å². The number of fused-ring (bicyclic) bond motifs is 3. The highest BCUT2D eigenvalue weighted by Gasteiger charge is 2.35. The monoisotopic (exact) mass is 309 g/mol. The maximum atomic E-state index is 12.4. The normalized spacial score (nSPS) is 22.1. The van der Waals surface area contributed by atoms with Crippen molar-refractivity contribution in [2.75, 3.05) is 13.1 Å². The van der Waals surface area contributed by atoms with Crippen molar-refractivity contribution < 1.29 is 4.79 Å². The van der Waals surface area contributed by atoms with Crippen molar-refractivity contribution in [1.82, 2.24) is 24.4 Å². The van der Waals surface area contributed by atoms with Crippen LogP contribution in [0.15, 0.2) is 24.8 Å². The molecule has 2 aliphatic rings. The summed E-state index contributed by atoms with van der Waals surface area (Å²) in [5, 5.41) is 1.10. The summed E-state index contributed by atoms with van der Waals surface area (Å²) in [4.78, 5) is 26.6. The fourth-order valence-corrected chi connectivity index (χ4v) is 3.78. The molecule has 1 aliphatic carbocycles. The van der Waals surface area contributed by atoms with Crippen LogP contribution in [0.4, 0.5) is 0 Å². The molecule has 1 N–H and O–H groups in total. The molecule has 6 heteroatoms. The summed E-state index contributed by atoms with van der Waals surface area (Å²) in [6, 6.07) is 2.36. The van der Waals surface area contributed by atoms with Crippen LogP contribution in [-0.4, -0.2) is 43.4 Å². The number of rotatable bonds is 2. The minimum absolute atomic E-state index is 0.300. The van der Waals surface area contributed by atoms with Crippen LogP contribution in [0.25, 0.3) is 22.1 Å². The standard InChI is InChI=1S/C17H19N5O/c23-17(11-3-4-11)21-7-1-2-12(9-21)22-10-20-14-8-19-16-13(15(14)22)5-6-18-16/h5-6,8,10-12H,1-4,7,9H2,(H,18,19). The Hall–Kier alpha value is -2.37. The third-order valence-electron chi connectivity index (χ3n) is 5.15. The van der Waals surface area contributed by atoms with E-state index in [2.05, 4.69) is 30.5 Å².